The van der Waals surface area contributed by atoms with Crippen molar-refractivity contribution >= 4 is 101 Å². The third-order valence-electron chi connectivity index (χ3n) is 16.2. The molecule has 41 nitrogen and oxygen atoms in total. The summed E-state index contributed by atoms with van der Waals surface area (Å²) in [6.07, 6.45) is 8.44. The molecule has 0 radical (unpaired) electrons. The first-order valence-corrected chi connectivity index (χ1v) is 34.5. The third kappa shape index (κ3) is 35.4. The molecule has 3 heterocycles. The van der Waals surface area contributed by atoms with Gasteiger partial charge in [-0.2, -0.15) is 0 Å². The molecule has 102 heavy (non-hydrogen) atoms. The molecule has 1 saturated heterocycles. The van der Waals surface area contributed by atoms with Crippen LogP contribution in [0.2, 0.25) is 0 Å². The van der Waals surface area contributed by atoms with Gasteiger partial charge in [-0.15, -0.1) is 0 Å². The molecule has 41 heteroatoms. The van der Waals surface area contributed by atoms with Gasteiger partial charge in [-0.1, -0.05) is 19.3 Å². The number of nitrogens with zero attached hydrogens (tertiary/aromatic N) is 11. The first-order valence-electron chi connectivity index (χ1n) is 34.5. The number of nitrogens with one attached hydrogen (secondary N) is 7. The van der Waals surface area contributed by atoms with Crippen LogP contribution in [0.15, 0.2) is 41.3 Å². The van der Waals surface area contributed by atoms with Crippen molar-refractivity contribution in [2.75, 3.05) is 76.9 Å². The molecule has 2 aliphatic heterocycles. The van der Waals surface area contributed by atoms with E-state index in [1.807, 2.05) is 4.90 Å². The Morgan fingerprint density at radius 3 is 1.05 bits per heavy atom. The molecular formula is C61H112N32O9. The summed E-state index contributed by atoms with van der Waals surface area (Å²) < 4.78 is 0. The number of aliphatic imine (C=N–C) groups is 7. The number of hydrogen-bond donors (Lipinski definition) is 21. The van der Waals surface area contributed by atoms with Crippen LogP contribution in [0.1, 0.15) is 153 Å². The molecule has 0 bridgehead atoms. The molecule has 1 aromatic heterocycles. The second kappa shape index (κ2) is 48.2. The number of unbranched alkanes of at least 4 members (excludes halogenated alkanes) is 5. The van der Waals surface area contributed by atoms with Gasteiger partial charge in [0.2, 0.25) is 53.2 Å². The maximum Gasteiger partial charge on any atom is 0.243 e. The number of primary amides is 1. The number of aromatic nitrogens is 2. The Bertz CT molecular complexity index is 3060. The number of hydrogen-bond acceptors (Lipinski definition) is 20. The number of piperazine rings is 1. The second-order valence-corrected chi connectivity index (χ2v) is 24.5. The first kappa shape index (κ1) is 85.6. The average molecular weight is 1440 g/mol. The van der Waals surface area contributed by atoms with Gasteiger partial charge in [0.25, 0.3) is 0 Å². The minimum absolute atomic E-state index is 0.00273. The molecule has 3 rings (SSSR count). The van der Waals surface area contributed by atoms with E-state index in [1.165, 1.54) is 0 Å². The van der Waals surface area contributed by atoms with Crippen molar-refractivity contribution in [1.82, 2.24) is 52.1 Å². The zero-order valence-corrected chi connectivity index (χ0v) is 58.4. The maximum atomic E-state index is 14.8. The van der Waals surface area contributed by atoms with E-state index in [1.54, 1.807) is 12.5 Å². The van der Waals surface area contributed by atoms with Crippen LogP contribution in [0.4, 0.5) is 5.82 Å². The minimum atomic E-state index is -1.48. The SMILES string of the molecule is NCCCC[C@@H](NC(=O)[C@@H](CCCN=C(N)N)NC(=O)[C@@H](CCCN=C(N)N)NC(=O)[C@@H](CCCN=C(N)N)NC(=O)[C@@H](CCCN=C(N)N)NC(=O)[C@@H](CCCN=C(N)N)NC(=O)[C@@H](CCCN=C(N)N)NC(=O)CCCCCCCC(=O)N1CCN(c2ncnc3c2C=NC3)CC1)C(N)=O. The summed E-state index contributed by atoms with van der Waals surface area (Å²) >= 11 is 0. The number of carbonyl (C=O) groups is 9. The molecule has 0 saturated carbocycles. The fourth-order valence-electron chi connectivity index (χ4n) is 10.9. The van der Waals surface area contributed by atoms with E-state index in [-0.39, 0.29) is 171 Å². The van der Waals surface area contributed by atoms with Crippen molar-refractivity contribution < 1.29 is 43.2 Å². The topological polar surface area (TPSA) is 721 Å². The predicted molar refractivity (Wildman–Crippen MR) is 390 cm³/mol. The predicted octanol–water partition coefficient (Wildman–Crippen LogP) is -7.88. The number of amides is 9. The van der Waals surface area contributed by atoms with Gasteiger partial charge in [0, 0.05) is 84.5 Å². The molecule has 1 aromatic rings. The molecule has 0 aliphatic carbocycles. The van der Waals surface area contributed by atoms with Crippen molar-refractivity contribution in [3.8, 4) is 0 Å². The molecule has 35 N–H and O–H groups in total. The molecule has 570 valence electrons. The van der Waals surface area contributed by atoms with Gasteiger partial charge in [0.1, 0.15) is 54.4 Å². The Hall–Kier alpha value is -10.6. The van der Waals surface area contributed by atoms with Crippen LogP contribution in [0, 0.1) is 0 Å². The Kier molecular flexibility index (Phi) is 40.4. The molecule has 0 spiro atoms. The summed E-state index contributed by atoms with van der Waals surface area (Å²) in [5.41, 5.74) is 80.2. The molecule has 9 amide bonds. The number of anilines is 1. The first-order chi connectivity index (χ1) is 48.7. The highest BCUT2D eigenvalue weighted by molar-refractivity contribution is 5.98. The lowest BCUT2D eigenvalue weighted by Crippen LogP contribution is -2.60. The summed E-state index contributed by atoms with van der Waals surface area (Å²) in [5.74, 6) is -6.90. The zero-order valence-electron chi connectivity index (χ0n) is 58.4. The van der Waals surface area contributed by atoms with E-state index in [4.69, 9.17) is 80.3 Å². The van der Waals surface area contributed by atoms with E-state index in [0.717, 1.165) is 29.9 Å². The number of carbonyl (C=O) groups excluding carboxylic acids is 9. The van der Waals surface area contributed by atoms with Crippen LogP contribution in [0.25, 0.3) is 0 Å². The molecule has 0 aromatic carbocycles. The monoisotopic (exact) mass is 1440 g/mol. The maximum absolute atomic E-state index is 14.8. The minimum Gasteiger partial charge on any atom is -0.370 e. The van der Waals surface area contributed by atoms with Crippen LogP contribution in [-0.4, -0.2) is 224 Å². The molecule has 0 unspecified atom stereocenters. The van der Waals surface area contributed by atoms with Gasteiger partial charge in [-0.3, -0.25) is 78.1 Å². The van der Waals surface area contributed by atoms with Crippen LogP contribution < -0.4 is 122 Å². The molecule has 2 aliphatic rings. The smallest absolute Gasteiger partial charge is 0.243 e. The Morgan fingerprint density at radius 1 is 0.382 bits per heavy atom. The van der Waals surface area contributed by atoms with Crippen LogP contribution in [-0.2, 0) is 49.7 Å². The standard InChI is InChI=1S/C61H112N32O9/c62-23-7-6-14-38(48(63)96)86-51(98)40(16-9-25-78-57(66)67)88-53(100)42(18-11-27-80-59(70)71)90-55(102)44(20-13-29-82-61(74)75)91-54(101)43(19-12-28-81-60(72)73)89-52(99)41(17-10-26-79-58(68)69)87-50(97)39(15-8-24-77-56(64)65)85-46(94)21-4-2-1-3-5-22-47(95)92-30-32-93(33-31-92)49-37-34-76-35-45(37)83-36-84-49/h34,36,38-44H,1-33,35,62H2,(H2,63,96)(H,85,94)(H,86,98)(H,87,97)(H,88,100)(H,89,99)(H,90,102)(H,91,101)(H4,64,65,77)(H4,66,67,78)(H4,68,69,79)(H4,70,71,80)(H4,72,73,81)(H4,74,75,82)/t38-,39-,40-,41-,42-,43-,44-/m1/s1. The lowest BCUT2D eigenvalue weighted by molar-refractivity contribution is -0.136. The van der Waals surface area contributed by atoms with Gasteiger partial charge in [0.15, 0.2) is 35.8 Å². The van der Waals surface area contributed by atoms with Crippen molar-refractivity contribution in [2.24, 2.45) is 115 Å². The number of rotatable bonds is 51. The van der Waals surface area contributed by atoms with Gasteiger partial charge < -0.3 is 127 Å². The van der Waals surface area contributed by atoms with Crippen LogP contribution in [0.5, 0.6) is 0 Å². The highest BCUT2D eigenvalue weighted by Gasteiger charge is 2.35. The fourth-order valence-corrected chi connectivity index (χ4v) is 10.9. The molecule has 1 fully saturated rings. The van der Waals surface area contributed by atoms with Crippen molar-refractivity contribution in [1.29, 1.82) is 0 Å². The summed E-state index contributed by atoms with van der Waals surface area (Å²) in [5, 5.41) is 18.9. The quantitative estimate of drug-likeness (QED) is 0.0164. The van der Waals surface area contributed by atoms with Crippen LogP contribution in [0.3, 0.4) is 0 Å². The molecular weight excluding hydrogens is 1320 g/mol. The highest BCUT2D eigenvalue weighted by atomic mass is 16.2. The van der Waals surface area contributed by atoms with E-state index < -0.39 is 89.6 Å². The summed E-state index contributed by atoms with van der Waals surface area (Å²) in [6.45, 7) is 3.41. The Morgan fingerprint density at radius 2 is 0.706 bits per heavy atom. The largest absolute Gasteiger partial charge is 0.370 e. The lowest BCUT2D eigenvalue weighted by atomic mass is 10.0. The summed E-state index contributed by atoms with van der Waals surface area (Å²) in [6, 6.07) is -9.48. The number of fused-ring (bicyclic) bond motifs is 1. The van der Waals surface area contributed by atoms with Gasteiger partial charge in [0.05, 0.1) is 17.8 Å². The fraction of sp³-hybridized carbons (Fsp3) is 0.672. The van der Waals surface area contributed by atoms with Gasteiger partial charge in [-0.05, 0) is 116 Å². The van der Waals surface area contributed by atoms with Crippen molar-refractivity contribution in [2.45, 2.75) is 190 Å². The Labute approximate surface area is 594 Å². The van der Waals surface area contributed by atoms with Gasteiger partial charge >= 0.3 is 0 Å². The zero-order chi connectivity index (χ0) is 75.4. The van der Waals surface area contributed by atoms with E-state index in [9.17, 15) is 43.2 Å². The number of guanidine groups is 6. The Balaban J connectivity index is 1.86. The van der Waals surface area contributed by atoms with Crippen LogP contribution >= 0.6 is 0 Å². The lowest BCUT2D eigenvalue weighted by Gasteiger charge is -2.36. The normalized spacial score (nSPS) is 14.2. The highest BCUT2D eigenvalue weighted by Crippen LogP contribution is 2.24. The van der Waals surface area contributed by atoms with Crippen molar-refractivity contribution in [3.63, 3.8) is 0 Å². The van der Waals surface area contributed by atoms with E-state index in [0.29, 0.717) is 77.8 Å². The molecule has 7 atom stereocenters. The average Bonchev–Trinajstić information content (AvgIpc) is 1.62. The third-order valence-corrected chi connectivity index (χ3v) is 16.2. The summed E-state index contributed by atoms with van der Waals surface area (Å²) in [7, 11) is 0. The van der Waals surface area contributed by atoms with Gasteiger partial charge in [-0.25, -0.2) is 9.97 Å². The summed E-state index contributed by atoms with van der Waals surface area (Å²) in [4.78, 5) is 167. The second-order valence-electron chi connectivity index (χ2n) is 24.5. The van der Waals surface area contributed by atoms with E-state index in [2.05, 4.69) is 87.0 Å². The van der Waals surface area contributed by atoms with E-state index >= 15 is 0 Å². The number of nitrogens with two attached hydrogens (primary N) is 14. The van der Waals surface area contributed by atoms with Crippen molar-refractivity contribution in [3.05, 3.63) is 17.6 Å².